The van der Waals surface area contributed by atoms with Gasteiger partial charge in [-0.25, -0.2) is 4.98 Å². The number of carbonyl (C=O) groups excluding carboxylic acids is 1. The van der Waals surface area contributed by atoms with Gasteiger partial charge in [-0.2, -0.15) is 0 Å². The molecule has 0 spiro atoms. The number of nitrogens with zero attached hydrogens (tertiary/aromatic N) is 2. The van der Waals surface area contributed by atoms with Crippen LogP contribution in [0.25, 0.3) is 5.65 Å². The molecule has 0 fully saturated rings. The topological polar surface area (TPSA) is 55.6 Å². The van der Waals surface area contributed by atoms with Crippen LogP contribution in [0.1, 0.15) is 21.7 Å². The van der Waals surface area contributed by atoms with Crippen molar-refractivity contribution in [3.8, 4) is 5.75 Å². The summed E-state index contributed by atoms with van der Waals surface area (Å²) in [5.41, 5.74) is 3.01. The number of methoxy groups -OCH3 is 1. The van der Waals surface area contributed by atoms with Crippen LogP contribution in [0.2, 0.25) is 10.0 Å². The smallest absolute Gasteiger partial charge is 0.274 e. The standard InChI is InChI=1S/C17H15Cl2N3O2/c1-9-4-5-14(24-3)13(6-9)21-17(23)15-10(2)20-16-12(19)7-11(18)8-22(15)16/h4-8H,1-3H3,(H,21,23). The van der Waals surface area contributed by atoms with Gasteiger partial charge in [0, 0.05) is 6.20 Å². The number of hydrogen-bond acceptors (Lipinski definition) is 3. The lowest BCUT2D eigenvalue weighted by molar-refractivity contribution is 0.102. The third-order valence-corrected chi connectivity index (χ3v) is 4.12. The van der Waals surface area contributed by atoms with Gasteiger partial charge in [0.25, 0.3) is 5.91 Å². The minimum absolute atomic E-state index is 0.317. The zero-order valence-corrected chi connectivity index (χ0v) is 14.9. The molecule has 0 unspecified atom stereocenters. The van der Waals surface area contributed by atoms with Crippen LogP contribution in [-0.2, 0) is 0 Å². The molecular formula is C17H15Cl2N3O2. The first kappa shape index (κ1) is 16.6. The number of halogens is 2. The largest absolute Gasteiger partial charge is 0.495 e. The number of benzene rings is 1. The van der Waals surface area contributed by atoms with Gasteiger partial charge in [0.15, 0.2) is 5.65 Å². The van der Waals surface area contributed by atoms with E-state index in [2.05, 4.69) is 10.3 Å². The quantitative estimate of drug-likeness (QED) is 0.744. The molecule has 1 N–H and O–H groups in total. The Bertz CT molecular complexity index is 951. The van der Waals surface area contributed by atoms with Crippen molar-refractivity contribution in [2.75, 3.05) is 12.4 Å². The molecular weight excluding hydrogens is 349 g/mol. The molecule has 1 aromatic carbocycles. The predicted molar refractivity (Wildman–Crippen MR) is 95.6 cm³/mol. The number of ether oxygens (including phenoxy) is 1. The van der Waals surface area contributed by atoms with Crippen LogP contribution in [-0.4, -0.2) is 22.4 Å². The lowest BCUT2D eigenvalue weighted by Crippen LogP contribution is -2.16. The van der Waals surface area contributed by atoms with Crippen molar-refractivity contribution in [3.05, 3.63) is 57.5 Å². The van der Waals surface area contributed by atoms with E-state index in [1.165, 1.54) is 0 Å². The lowest BCUT2D eigenvalue weighted by atomic mass is 10.2. The molecule has 2 heterocycles. The first-order chi connectivity index (χ1) is 11.4. The highest BCUT2D eigenvalue weighted by Gasteiger charge is 2.20. The van der Waals surface area contributed by atoms with Crippen molar-refractivity contribution in [2.24, 2.45) is 0 Å². The first-order valence-electron chi connectivity index (χ1n) is 7.20. The van der Waals surface area contributed by atoms with Crippen LogP contribution in [0.3, 0.4) is 0 Å². The van der Waals surface area contributed by atoms with Crippen LogP contribution in [0, 0.1) is 13.8 Å². The van der Waals surface area contributed by atoms with E-state index in [1.807, 2.05) is 19.1 Å². The van der Waals surface area contributed by atoms with Gasteiger partial charge in [0.1, 0.15) is 11.4 Å². The second kappa shape index (κ2) is 6.34. The summed E-state index contributed by atoms with van der Waals surface area (Å²) in [4.78, 5) is 17.2. The Hall–Kier alpha value is -2.24. The first-order valence-corrected chi connectivity index (χ1v) is 7.96. The molecule has 0 bridgehead atoms. The van der Waals surface area contributed by atoms with Gasteiger partial charge in [-0.05, 0) is 37.6 Å². The van der Waals surface area contributed by atoms with E-state index in [0.29, 0.717) is 38.5 Å². The summed E-state index contributed by atoms with van der Waals surface area (Å²) in [5, 5.41) is 3.68. The van der Waals surface area contributed by atoms with Gasteiger partial charge < -0.3 is 10.1 Å². The molecule has 0 aliphatic carbocycles. The Morgan fingerprint density at radius 2 is 2.00 bits per heavy atom. The Labute approximate surface area is 149 Å². The fraction of sp³-hybridized carbons (Fsp3) is 0.176. The SMILES string of the molecule is COc1ccc(C)cc1NC(=O)c1c(C)nc2c(Cl)cc(Cl)cn12. The third-order valence-electron chi connectivity index (χ3n) is 3.63. The number of imidazole rings is 1. The van der Waals surface area contributed by atoms with E-state index in [1.54, 1.807) is 36.8 Å². The maximum atomic E-state index is 12.8. The average molecular weight is 364 g/mol. The molecule has 0 aliphatic rings. The molecule has 0 saturated carbocycles. The van der Waals surface area contributed by atoms with Crippen molar-refractivity contribution in [3.63, 3.8) is 0 Å². The van der Waals surface area contributed by atoms with Gasteiger partial charge in [0.2, 0.25) is 0 Å². The molecule has 0 saturated heterocycles. The summed E-state index contributed by atoms with van der Waals surface area (Å²) in [6.07, 6.45) is 1.62. The predicted octanol–water partition coefficient (Wildman–Crippen LogP) is 4.52. The van der Waals surface area contributed by atoms with Crippen molar-refractivity contribution < 1.29 is 9.53 Å². The molecule has 3 rings (SSSR count). The average Bonchev–Trinajstić information content (AvgIpc) is 2.84. The van der Waals surface area contributed by atoms with Gasteiger partial charge in [-0.15, -0.1) is 0 Å². The van der Waals surface area contributed by atoms with Gasteiger partial charge in [0.05, 0.1) is 28.5 Å². The molecule has 124 valence electrons. The fourth-order valence-electron chi connectivity index (χ4n) is 2.56. The van der Waals surface area contributed by atoms with E-state index in [0.717, 1.165) is 5.56 Å². The molecule has 1 amide bonds. The molecule has 0 radical (unpaired) electrons. The van der Waals surface area contributed by atoms with Crippen molar-refractivity contribution in [1.29, 1.82) is 0 Å². The van der Waals surface area contributed by atoms with Gasteiger partial charge in [-0.1, -0.05) is 29.3 Å². The number of nitrogens with one attached hydrogen (secondary N) is 1. The zero-order chi connectivity index (χ0) is 17.4. The third kappa shape index (κ3) is 2.92. The number of rotatable bonds is 3. The maximum Gasteiger partial charge on any atom is 0.274 e. The van der Waals surface area contributed by atoms with Crippen molar-refractivity contribution in [2.45, 2.75) is 13.8 Å². The monoisotopic (exact) mass is 363 g/mol. The molecule has 7 heteroatoms. The highest BCUT2D eigenvalue weighted by molar-refractivity contribution is 6.36. The minimum Gasteiger partial charge on any atom is -0.495 e. The second-order valence-corrected chi connectivity index (χ2v) is 6.25. The summed E-state index contributed by atoms with van der Waals surface area (Å²) in [6.45, 7) is 3.69. The Morgan fingerprint density at radius 1 is 1.25 bits per heavy atom. The van der Waals surface area contributed by atoms with Gasteiger partial charge in [-0.3, -0.25) is 9.20 Å². The van der Waals surface area contributed by atoms with E-state index < -0.39 is 0 Å². The van der Waals surface area contributed by atoms with Crippen LogP contribution >= 0.6 is 23.2 Å². The van der Waals surface area contributed by atoms with Crippen molar-refractivity contribution >= 4 is 40.4 Å². The van der Waals surface area contributed by atoms with Gasteiger partial charge >= 0.3 is 0 Å². The fourth-order valence-corrected chi connectivity index (χ4v) is 3.07. The normalized spacial score (nSPS) is 10.9. The highest BCUT2D eigenvalue weighted by Crippen LogP contribution is 2.28. The summed E-state index contributed by atoms with van der Waals surface area (Å²) in [7, 11) is 1.55. The number of hydrogen-bond donors (Lipinski definition) is 1. The summed E-state index contributed by atoms with van der Waals surface area (Å²) < 4.78 is 6.89. The maximum absolute atomic E-state index is 12.8. The summed E-state index contributed by atoms with van der Waals surface area (Å²) in [6, 6.07) is 7.15. The van der Waals surface area contributed by atoms with E-state index >= 15 is 0 Å². The summed E-state index contributed by atoms with van der Waals surface area (Å²) >= 11 is 12.2. The van der Waals surface area contributed by atoms with Crippen LogP contribution in [0.5, 0.6) is 5.75 Å². The number of amides is 1. The van der Waals surface area contributed by atoms with Crippen LogP contribution in [0.4, 0.5) is 5.69 Å². The Balaban J connectivity index is 2.07. The number of anilines is 1. The summed E-state index contributed by atoms with van der Waals surface area (Å²) in [5.74, 6) is 0.263. The zero-order valence-electron chi connectivity index (χ0n) is 13.4. The molecule has 3 aromatic rings. The molecule has 5 nitrogen and oxygen atoms in total. The Morgan fingerprint density at radius 3 is 2.71 bits per heavy atom. The number of carbonyl (C=O) groups is 1. The molecule has 24 heavy (non-hydrogen) atoms. The molecule has 0 aliphatic heterocycles. The lowest BCUT2D eigenvalue weighted by Gasteiger charge is -2.11. The number of fused-ring (bicyclic) bond motifs is 1. The molecule has 0 atom stereocenters. The second-order valence-electron chi connectivity index (χ2n) is 5.40. The van der Waals surface area contributed by atoms with Crippen LogP contribution < -0.4 is 10.1 Å². The number of pyridine rings is 1. The Kier molecular flexibility index (Phi) is 4.39. The van der Waals surface area contributed by atoms with E-state index in [9.17, 15) is 4.79 Å². The van der Waals surface area contributed by atoms with E-state index in [4.69, 9.17) is 27.9 Å². The van der Waals surface area contributed by atoms with E-state index in [-0.39, 0.29) is 5.91 Å². The number of aryl methyl sites for hydroxylation is 2. The highest BCUT2D eigenvalue weighted by atomic mass is 35.5. The molecule has 2 aromatic heterocycles. The van der Waals surface area contributed by atoms with Crippen molar-refractivity contribution in [1.82, 2.24) is 9.38 Å². The van der Waals surface area contributed by atoms with Crippen LogP contribution in [0.15, 0.2) is 30.5 Å². The minimum atomic E-state index is -0.317. The number of aromatic nitrogens is 2.